The molecule has 0 saturated heterocycles. The molecule has 3 aromatic rings. The smallest absolute Gasteiger partial charge is 0.357 e. The third kappa shape index (κ3) is 6.22. The van der Waals surface area contributed by atoms with Crippen molar-refractivity contribution in [2.24, 2.45) is 0 Å². The van der Waals surface area contributed by atoms with Crippen LogP contribution in [0.3, 0.4) is 0 Å². The zero-order valence-corrected chi connectivity index (χ0v) is 19.8. The lowest BCUT2D eigenvalue weighted by Gasteiger charge is -2.30. The molecule has 0 saturated carbocycles. The number of hydrogen-bond donors (Lipinski definition) is 2. The van der Waals surface area contributed by atoms with Gasteiger partial charge in [0.05, 0.1) is 12.2 Å². The second kappa shape index (κ2) is 10.7. The lowest BCUT2D eigenvalue weighted by Crippen LogP contribution is -2.31. The maximum absolute atomic E-state index is 13.9. The van der Waals surface area contributed by atoms with E-state index >= 15 is 0 Å². The molecule has 2 aromatic heterocycles. The Kier molecular flexibility index (Phi) is 7.92. The van der Waals surface area contributed by atoms with Crippen molar-refractivity contribution in [3.8, 4) is 17.4 Å². The number of aromatic nitrogens is 3. The monoisotopic (exact) mass is 470 g/mol. The molecule has 3 rings (SSSR count). The van der Waals surface area contributed by atoms with E-state index in [1.165, 1.54) is 6.20 Å². The van der Waals surface area contributed by atoms with Crippen molar-refractivity contribution in [3.63, 3.8) is 0 Å². The van der Waals surface area contributed by atoms with Gasteiger partial charge in [-0.05, 0) is 45.4 Å². The number of pyridine rings is 1. The summed E-state index contributed by atoms with van der Waals surface area (Å²) < 4.78 is 25.3. The van der Waals surface area contributed by atoms with Crippen molar-refractivity contribution in [1.29, 1.82) is 0 Å². The quantitative estimate of drug-likeness (QED) is 0.431. The highest BCUT2D eigenvalue weighted by atomic mass is 31.2. The first-order chi connectivity index (χ1) is 15.7. The number of carbonyl (C=O) groups is 1. The van der Waals surface area contributed by atoms with Crippen LogP contribution in [0.2, 0.25) is 0 Å². The van der Waals surface area contributed by atoms with E-state index in [4.69, 9.17) is 9.05 Å². The summed E-state index contributed by atoms with van der Waals surface area (Å²) in [6.45, 7) is 6.93. The van der Waals surface area contributed by atoms with Crippen molar-refractivity contribution >= 4 is 13.5 Å². The van der Waals surface area contributed by atoms with Gasteiger partial charge in [-0.15, -0.1) is 0 Å². The average Bonchev–Trinajstić information content (AvgIpc) is 2.77. The fourth-order valence-electron chi connectivity index (χ4n) is 3.07. The minimum absolute atomic E-state index is 0.168. The normalized spacial score (nSPS) is 12.7. The summed E-state index contributed by atoms with van der Waals surface area (Å²) in [5.41, 5.74) is 0.791. The van der Waals surface area contributed by atoms with E-state index in [1.807, 2.05) is 0 Å². The summed E-state index contributed by atoms with van der Waals surface area (Å²) in [4.78, 5) is 25.4. The number of aromatic hydroxyl groups is 1. The zero-order valence-electron chi connectivity index (χ0n) is 18.9. The standard InChI is InChI=1S/C23H27N4O5P/c1-15(2)31-33(30,32-16(3)4)23(17-10-6-5-7-11-17)27-22(29)18-14-25-20(26-21(18)28)19-12-8-9-13-24-19/h5-16,23H,1-4H3,(H,27,29)(H,25,26,28). The molecule has 1 unspecified atom stereocenters. The maximum Gasteiger partial charge on any atom is 0.357 e. The van der Waals surface area contributed by atoms with Crippen LogP contribution in [0.4, 0.5) is 0 Å². The second-order valence-corrected chi connectivity index (χ2v) is 9.80. The van der Waals surface area contributed by atoms with Crippen molar-refractivity contribution in [2.45, 2.75) is 45.7 Å². The van der Waals surface area contributed by atoms with Gasteiger partial charge in [-0.3, -0.25) is 14.3 Å². The largest absolute Gasteiger partial charge is 0.493 e. The summed E-state index contributed by atoms with van der Waals surface area (Å²) >= 11 is 0. The molecule has 1 aromatic carbocycles. The van der Waals surface area contributed by atoms with E-state index in [0.29, 0.717) is 11.3 Å². The molecule has 33 heavy (non-hydrogen) atoms. The van der Waals surface area contributed by atoms with Gasteiger partial charge in [-0.1, -0.05) is 36.4 Å². The first-order valence-corrected chi connectivity index (χ1v) is 12.1. The van der Waals surface area contributed by atoms with Crippen LogP contribution in [-0.2, 0) is 13.6 Å². The molecule has 0 fully saturated rings. The molecule has 10 heteroatoms. The third-order valence-electron chi connectivity index (χ3n) is 4.32. The van der Waals surface area contributed by atoms with Gasteiger partial charge in [-0.2, -0.15) is 4.98 Å². The molecule has 1 atom stereocenters. The van der Waals surface area contributed by atoms with Crippen LogP contribution in [0.25, 0.3) is 11.5 Å². The first kappa shape index (κ1) is 24.5. The van der Waals surface area contributed by atoms with Gasteiger partial charge in [0.1, 0.15) is 11.3 Å². The Hall–Kier alpha value is -3.13. The highest BCUT2D eigenvalue weighted by molar-refractivity contribution is 7.54. The van der Waals surface area contributed by atoms with Crippen LogP contribution in [-0.4, -0.2) is 38.2 Å². The first-order valence-electron chi connectivity index (χ1n) is 10.5. The van der Waals surface area contributed by atoms with Crippen LogP contribution in [0.5, 0.6) is 5.88 Å². The molecular weight excluding hydrogens is 443 g/mol. The summed E-state index contributed by atoms with van der Waals surface area (Å²) in [5, 5.41) is 13.1. The predicted molar refractivity (Wildman–Crippen MR) is 124 cm³/mol. The van der Waals surface area contributed by atoms with E-state index in [9.17, 15) is 14.5 Å². The van der Waals surface area contributed by atoms with Crippen LogP contribution >= 0.6 is 7.60 Å². The number of benzene rings is 1. The Balaban J connectivity index is 1.96. The molecular formula is C23H27N4O5P. The number of amides is 1. The number of carbonyl (C=O) groups excluding carboxylic acids is 1. The lowest BCUT2D eigenvalue weighted by atomic mass is 10.2. The van der Waals surface area contributed by atoms with Crippen LogP contribution < -0.4 is 5.32 Å². The van der Waals surface area contributed by atoms with Crippen LogP contribution in [0, 0.1) is 0 Å². The van der Waals surface area contributed by atoms with Crippen molar-refractivity contribution < 1.29 is 23.5 Å². The molecule has 0 aliphatic rings. The lowest BCUT2D eigenvalue weighted by molar-refractivity contribution is 0.0916. The van der Waals surface area contributed by atoms with E-state index in [2.05, 4.69) is 20.3 Å². The van der Waals surface area contributed by atoms with Crippen LogP contribution in [0.1, 0.15) is 49.4 Å². The van der Waals surface area contributed by atoms with E-state index in [-0.39, 0.29) is 11.4 Å². The molecule has 2 N–H and O–H groups in total. The van der Waals surface area contributed by atoms with E-state index in [0.717, 1.165) is 0 Å². The van der Waals surface area contributed by atoms with E-state index in [1.54, 1.807) is 82.4 Å². The zero-order chi connectivity index (χ0) is 24.0. The number of nitrogens with zero attached hydrogens (tertiary/aromatic N) is 3. The van der Waals surface area contributed by atoms with Crippen LogP contribution in [0.15, 0.2) is 60.9 Å². The van der Waals surface area contributed by atoms with Crippen molar-refractivity contribution in [1.82, 2.24) is 20.3 Å². The number of hydrogen-bond acceptors (Lipinski definition) is 8. The average molecular weight is 470 g/mol. The van der Waals surface area contributed by atoms with Gasteiger partial charge in [0.2, 0.25) is 5.88 Å². The Labute approximate surface area is 192 Å². The summed E-state index contributed by atoms with van der Waals surface area (Å²) in [5.74, 6) is -2.21. The molecule has 0 aliphatic heterocycles. The molecule has 0 aliphatic carbocycles. The predicted octanol–water partition coefficient (Wildman–Crippen LogP) is 4.72. The van der Waals surface area contributed by atoms with Gasteiger partial charge in [0, 0.05) is 12.4 Å². The molecule has 2 heterocycles. The summed E-state index contributed by atoms with van der Waals surface area (Å²) in [7, 11) is -3.87. The highest BCUT2D eigenvalue weighted by Gasteiger charge is 2.41. The molecule has 174 valence electrons. The molecule has 1 amide bonds. The number of rotatable bonds is 9. The van der Waals surface area contributed by atoms with Crippen molar-refractivity contribution in [3.05, 3.63) is 72.1 Å². The molecule has 0 radical (unpaired) electrons. The second-order valence-electron chi connectivity index (χ2n) is 7.78. The maximum atomic E-state index is 13.9. The highest BCUT2D eigenvalue weighted by Crippen LogP contribution is 2.61. The van der Waals surface area contributed by atoms with Crippen molar-refractivity contribution in [2.75, 3.05) is 0 Å². The van der Waals surface area contributed by atoms with E-state index < -0.39 is 37.4 Å². The van der Waals surface area contributed by atoms with Gasteiger partial charge < -0.3 is 19.5 Å². The third-order valence-corrected chi connectivity index (χ3v) is 6.81. The van der Waals surface area contributed by atoms with Gasteiger partial charge in [0.25, 0.3) is 5.91 Å². The minimum Gasteiger partial charge on any atom is -0.493 e. The molecule has 9 nitrogen and oxygen atoms in total. The summed E-state index contributed by atoms with van der Waals surface area (Å²) in [6, 6.07) is 13.9. The topological polar surface area (TPSA) is 124 Å². The molecule has 0 spiro atoms. The van der Waals surface area contributed by atoms with Gasteiger partial charge in [-0.25, -0.2) is 4.98 Å². The fourth-order valence-corrected chi connectivity index (χ4v) is 5.35. The fraction of sp³-hybridized carbons (Fsp3) is 0.304. The Morgan fingerprint density at radius 1 is 0.970 bits per heavy atom. The Bertz CT molecular complexity index is 1110. The Morgan fingerprint density at radius 2 is 1.61 bits per heavy atom. The Morgan fingerprint density at radius 3 is 2.15 bits per heavy atom. The minimum atomic E-state index is -3.87. The van der Waals surface area contributed by atoms with Gasteiger partial charge in [0.15, 0.2) is 11.6 Å². The SMILES string of the molecule is CC(C)OP(=O)(OC(C)C)C(NC(=O)c1cnc(-c2ccccn2)nc1O)c1ccccc1. The number of nitrogens with one attached hydrogen (secondary N) is 1. The molecule has 0 bridgehead atoms. The van der Waals surface area contributed by atoms with Gasteiger partial charge >= 0.3 is 7.60 Å². The summed E-state index contributed by atoms with van der Waals surface area (Å²) in [6.07, 6.45) is 1.92.